The van der Waals surface area contributed by atoms with Gasteiger partial charge in [0.25, 0.3) is 5.91 Å². The normalized spacial score (nSPS) is 11.5. The van der Waals surface area contributed by atoms with E-state index < -0.39 is 17.9 Å². The zero-order chi connectivity index (χ0) is 18.7. The number of carboxylic acids is 1. The standard InChI is InChI=1S/C20H31NO4.Na/c1-4-5-6-7-8-9-14-25-17-12-10-16(11-13-17)19(22)21-18(15(2)3)20(23)24;/h10-13,15,18H,4-9,14H2,1-3H3,(H,21,22)(H,23,24);/q;+1/p-1/t18-;/m0./s1. The van der Waals surface area contributed by atoms with Crippen molar-refractivity contribution in [2.24, 2.45) is 5.92 Å². The van der Waals surface area contributed by atoms with Crippen LogP contribution in [0.15, 0.2) is 24.3 Å². The Hall–Kier alpha value is -1.04. The minimum Gasteiger partial charge on any atom is -0.548 e. The first kappa shape index (κ1) is 25.0. The molecule has 1 aromatic rings. The largest absolute Gasteiger partial charge is 1.00 e. The van der Waals surface area contributed by atoms with Crippen molar-refractivity contribution in [2.75, 3.05) is 6.61 Å². The van der Waals surface area contributed by atoms with E-state index in [0.717, 1.165) is 6.42 Å². The van der Waals surface area contributed by atoms with E-state index in [-0.39, 0.29) is 35.5 Å². The molecule has 0 fully saturated rings. The molecular weight excluding hydrogens is 341 g/mol. The Kier molecular flexibility index (Phi) is 13.5. The van der Waals surface area contributed by atoms with E-state index in [1.807, 2.05) is 0 Å². The van der Waals surface area contributed by atoms with Crippen molar-refractivity contribution in [1.82, 2.24) is 5.32 Å². The summed E-state index contributed by atoms with van der Waals surface area (Å²) in [6.07, 6.45) is 7.25. The van der Waals surface area contributed by atoms with Crippen molar-refractivity contribution in [3.05, 3.63) is 29.8 Å². The van der Waals surface area contributed by atoms with E-state index in [1.165, 1.54) is 32.1 Å². The number of unbranched alkanes of at least 4 members (excludes halogenated alkanes) is 5. The molecule has 0 saturated carbocycles. The van der Waals surface area contributed by atoms with Gasteiger partial charge in [-0.25, -0.2) is 0 Å². The summed E-state index contributed by atoms with van der Waals surface area (Å²) in [6, 6.07) is 5.73. The van der Waals surface area contributed by atoms with Crippen molar-refractivity contribution >= 4 is 11.9 Å². The third-order valence-corrected chi connectivity index (χ3v) is 4.09. The number of carbonyl (C=O) groups is 2. The van der Waals surface area contributed by atoms with E-state index in [2.05, 4.69) is 12.2 Å². The first-order valence-electron chi connectivity index (χ1n) is 9.20. The number of amides is 1. The van der Waals surface area contributed by atoms with Crippen LogP contribution in [0.5, 0.6) is 5.75 Å². The summed E-state index contributed by atoms with van der Waals surface area (Å²) in [5, 5.41) is 13.5. The number of nitrogens with one attached hydrogen (secondary N) is 1. The summed E-state index contributed by atoms with van der Waals surface area (Å²) in [4.78, 5) is 23.2. The average molecular weight is 371 g/mol. The van der Waals surface area contributed by atoms with Gasteiger partial charge in [0, 0.05) is 5.56 Å². The number of carbonyl (C=O) groups excluding carboxylic acids is 2. The fourth-order valence-electron chi connectivity index (χ4n) is 2.50. The molecule has 0 aliphatic rings. The number of rotatable bonds is 12. The molecule has 140 valence electrons. The maximum atomic E-state index is 12.1. The summed E-state index contributed by atoms with van der Waals surface area (Å²) >= 11 is 0. The van der Waals surface area contributed by atoms with Crippen LogP contribution in [0.25, 0.3) is 0 Å². The van der Waals surface area contributed by atoms with Crippen LogP contribution in [-0.4, -0.2) is 24.5 Å². The molecule has 0 unspecified atom stereocenters. The molecule has 6 heteroatoms. The molecule has 26 heavy (non-hydrogen) atoms. The van der Waals surface area contributed by atoms with Crippen LogP contribution in [0.4, 0.5) is 0 Å². The molecule has 0 saturated heterocycles. The van der Waals surface area contributed by atoms with Gasteiger partial charge in [-0.2, -0.15) is 0 Å². The Bertz CT molecular complexity index is 531. The predicted octanol–water partition coefficient (Wildman–Crippen LogP) is -0.0658. The molecule has 1 N–H and O–H groups in total. The second-order valence-electron chi connectivity index (χ2n) is 6.65. The Balaban J connectivity index is 0.00000625. The molecule has 1 amide bonds. The molecule has 0 aromatic heterocycles. The van der Waals surface area contributed by atoms with Gasteiger partial charge in [-0.15, -0.1) is 0 Å². The Morgan fingerprint density at radius 1 is 1.04 bits per heavy atom. The van der Waals surface area contributed by atoms with Gasteiger partial charge in [-0.05, 0) is 36.6 Å². The molecular formula is C20H30NNaO4. The van der Waals surface area contributed by atoms with E-state index in [0.29, 0.717) is 17.9 Å². The zero-order valence-electron chi connectivity index (χ0n) is 16.5. The average Bonchev–Trinajstić information content (AvgIpc) is 2.58. The van der Waals surface area contributed by atoms with Crippen molar-refractivity contribution in [3.8, 4) is 5.75 Å². The first-order chi connectivity index (χ1) is 12.0. The Labute approximate surface area is 179 Å². The van der Waals surface area contributed by atoms with Crippen LogP contribution in [0.1, 0.15) is 69.7 Å². The van der Waals surface area contributed by atoms with E-state index in [1.54, 1.807) is 38.1 Å². The molecule has 1 rings (SSSR count). The van der Waals surface area contributed by atoms with E-state index in [9.17, 15) is 14.7 Å². The zero-order valence-corrected chi connectivity index (χ0v) is 18.5. The fraction of sp³-hybridized carbons (Fsp3) is 0.600. The van der Waals surface area contributed by atoms with Crippen molar-refractivity contribution in [1.29, 1.82) is 0 Å². The number of carboxylic acid groups (broad SMARTS) is 1. The SMILES string of the molecule is CCCCCCCCOc1ccc(C(=O)N[C@H](C(=O)[O-])C(C)C)cc1.[Na+]. The molecule has 0 spiro atoms. The van der Waals surface area contributed by atoms with Gasteiger partial charge in [-0.3, -0.25) is 4.79 Å². The first-order valence-corrected chi connectivity index (χ1v) is 9.20. The maximum Gasteiger partial charge on any atom is 1.00 e. The smallest absolute Gasteiger partial charge is 0.548 e. The monoisotopic (exact) mass is 371 g/mol. The summed E-state index contributed by atoms with van der Waals surface area (Å²) < 4.78 is 5.67. The van der Waals surface area contributed by atoms with Crippen molar-refractivity contribution in [3.63, 3.8) is 0 Å². The topological polar surface area (TPSA) is 78.5 Å². The summed E-state index contributed by atoms with van der Waals surface area (Å²) in [7, 11) is 0. The van der Waals surface area contributed by atoms with Gasteiger partial charge in [0.15, 0.2) is 0 Å². The van der Waals surface area contributed by atoms with Crippen LogP contribution in [0.2, 0.25) is 0 Å². The third-order valence-electron chi connectivity index (χ3n) is 4.09. The summed E-state index contributed by atoms with van der Waals surface area (Å²) in [6.45, 7) is 6.31. The summed E-state index contributed by atoms with van der Waals surface area (Å²) in [5.74, 6) is -1.23. The number of ether oxygens (including phenoxy) is 1. The molecule has 0 heterocycles. The molecule has 0 aliphatic carbocycles. The van der Waals surface area contributed by atoms with Gasteiger partial charge in [0.2, 0.25) is 0 Å². The maximum absolute atomic E-state index is 12.1. The van der Waals surface area contributed by atoms with Crippen molar-refractivity contribution < 1.29 is 49.0 Å². The minimum absolute atomic E-state index is 0. The van der Waals surface area contributed by atoms with Crippen LogP contribution in [0, 0.1) is 5.92 Å². The van der Waals surface area contributed by atoms with Crippen LogP contribution in [-0.2, 0) is 4.79 Å². The number of hydrogen-bond acceptors (Lipinski definition) is 4. The Morgan fingerprint density at radius 2 is 1.62 bits per heavy atom. The van der Waals surface area contributed by atoms with Crippen LogP contribution in [0.3, 0.4) is 0 Å². The summed E-state index contributed by atoms with van der Waals surface area (Å²) in [5.41, 5.74) is 0.402. The molecule has 0 radical (unpaired) electrons. The fourth-order valence-corrected chi connectivity index (χ4v) is 2.50. The minimum atomic E-state index is -1.28. The van der Waals surface area contributed by atoms with Gasteiger partial charge >= 0.3 is 29.6 Å². The van der Waals surface area contributed by atoms with Crippen LogP contribution >= 0.6 is 0 Å². The number of benzene rings is 1. The number of aliphatic carboxylic acids is 1. The van der Waals surface area contributed by atoms with Gasteiger partial charge < -0.3 is 20.0 Å². The molecule has 0 bridgehead atoms. The molecule has 1 aromatic carbocycles. The predicted molar refractivity (Wildman–Crippen MR) is 96.4 cm³/mol. The van der Waals surface area contributed by atoms with Gasteiger partial charge in [0.1, 0.15) is 5.75 Å². The molecule has 0 aliphatic heterocycles. The number of hydrogen-bond donors (Lipinski definition) is 1. The molecule has 1 atom stereocenters. The quantitative estimate of drug-likeness (QED) is 0.412. The second kappa shape index (κ2) is 14.1. The molecule has 5 nitrogen and oxygen atoms in total. The van der Waals surface area contributed by atoms with Crippen LogP contribution < -0.4 is 44.7 Å². The van der Waals surface area contributed by atoms with Crippen molar-refractivity contribution in [2.45, 2.75) is 65.3 Å². The van der Waals surface area contributed by atoms with Gasteiger partial charge in [-0.1, -0.05) is 52.9 Å². The van der Waals surface area contributed by atoms with Gasteiger partial charge in [0.05, 0.1) is 18.6 Å². The van der Waals surface area contributed by atoms with E-state index >= 15 is 0 Å². The Morgan fingerprint density at radius 3 is 2.15 bits per heavy atom. The third kappa shape index (κ3) is 9.60. The second-order valence-corrected chi connectivity index (χ2v) is 6.65. The van der Waals surface area contributed by atoms with E-state index in [4.69, 9.17) is 4.74 Å².